The summed E-state index contributed by atoms with van der Waals surface area (Å²) in [5, 5.41) is 17.3. The standard InChI is InChI=1S/C29H37F3N4O5/c1-40-17-19-6-7-25(33-14-19)28(39)10-8-22(9-11-28)35-23-13-24(18-41-2)36(16-23)26(37)15-34-27(38)20-4-3-5-21(12-20)29(30,31)32/h3-7,12,14,22-24,35,39H,8-11,13,15-18H2,1-2H3,(H,34,38). The molecular weight excluding hydrogens is 541 g/mol. The first kappa shape index (κ1) is 30.9. The van der Waals surface area contributed by atoms with Gasteiger partial charge in [-0.25, -0.2) is 0 Å². The number of carbonyl (C=O) groups is 2. The zero-order valence-corrected chi connectivity index (χ0v) is 23.2. The number of nitrogens with zero attached hydrogens (tertiary/aromatic N) is 2. The fourth-order valence-electron chi connectivity index (χ4n) is 5.69. The second-order valence-corrected chi connectivity index (χ2v) is 10.8. The van der Waals surface area contributed by atoms with E-state index in [2.05, 4.69) is 15.6 Å². The van der Waals surface area contributed by atoms with Crippen LogP contribution in [0.25, 0.3) is 0 Å². The molecule has 1 aliphatic heterocycles. The summed E-state index contributed by atoms with van der Waals surface area (Å²) < 4.78 is 49.4. The number of amides is 2. The highest BCUT2D eigenvalue weighted by molar-refractivity contribution is 5.96. The van der Waals surface area contributed by atoms with Crippen LogP contribution in [-0.2, 0) is 32.7 Å². The number of halogens is 3. The van der Waals surface area contributed by atoms with Crippen molar-refractivity contribution in [1.82, 2.24) is 20.5 Å². The topological polar surface area (TPSA) is 113 Å². The predicted molar refractivity (Wildman–Crippen MR) is 144 cm³/mol. The number of nitrogens with one attached hydrogen (secondary N) is 2. The molecule has 3 N–H and O–H groups in total. The van der Waals surface area contributed by atoms with E-state index < -0.39 is 23.2 Å². The van der Waals surface area contributed by atoms with E-state index in [-0.39, 0.29) is 36.1 Å². The van der Waals surface area contributed by atoms with Gasteiger partial charge in [0.05, 0.1) is 37.1 Å². The SMILES string of the molecule is COCc1ccc(C2(O)CCC(NC3CC(COC)N(C(=O)CNC(=O)c4cccc(C(F)(F)F)c4)C3)CC2)nc1. The molecule has 9 nitrogen and oxygen atoms in total. The molecule has 0 bridgehead atoms. The van der Waals surface area contributed by atoms with E-state index in [0.29, 0.717) is 44.7 Å². The van der Waals surface area contributed by atoms with Crippen LogP contribution in [0.15, 0.2) is 42.6 Å². The van der Waals surface area contributed by atoms with Gasteiger partial charge >= 0.3 is 6.18 Å². The Balaban J connectivity index is 1.29. The molecule has 2 heterocycles. The maximum absolute atomic E-state index is 13.0. The van der Waals surface area contributed by atoms with Crippen molar-refractivity contribution in [2.75, 3.05) is 33.9 Å². The molecule has 1 saturated heterocycles. The van der Waals surface area contributed by atoms with Crippen LogP contribution in [0.1, 0.15) is 59.3 Å². The first-order chi connectivity index (χ1) is 19.5. The van der Waals surface area contributed by atoms with Crippen molar-refractivity contribution in [3.05, 3.63) is 65.0 Å². The van der Waals surface area contributed by atoms with E-state index in [1.807, 2.05) is 12.1 Å². The first-order valence-corrected chi connectivity index (χ1v) is 13.7. The molecule has 1 aromatic heterocycles. The lowest BCUT2D eigenvalue weighted by atomic mass is 9.79. The molecule has 0 spiro atoms. The zero-order valence-electron chi connectivity index (χ0n) is 23.2. The molecule has 1 aromatic carbocycles. The summed E-state index contributed by atoms with van der Waals surface area (Å²) in [7, 11) is 3.17. The number of hydrogen-bond acceptors (Lipinski definition) is 7. The van der Waals surface area contributed by atoms with E-state index in [1.54, 1.807) is 25.3 Å². The van der Waals surface area contributed by atoms with Gasteiger partial charge in [-0.1, -0.05) is 12.1 Å². The second-order valence-electron chi connectivity index (χ2n) is 10.8. The van der Waals surface area contributed by atoms with E-state index in [9.17, 15) is 27.9 Å². The van der Waals surface area contributed by atoms with Crippen LogP contribution in [0, 0.1) is 0 Å². The first-order valence-electron chi connectivity index (χ1n) is 13.7. The summed E-state index contributed by atoms with van der Waals surface area (Å²) in [4.78, 5) is 31.6. The highest BCUT2D eigenvalue weighted by Gasteiger charge is 2.40. The number of pyridine rings is 1. The highest BCUT2D eigenvalue weighted by atomic mass is 19.4. The van der Waals surface area contributed by atoms with Gasteiger partial charge in [0.15, 0.2) is 0 Å². The van der Waals surface area contributed by atoms with E-state index >= 15 is 0 Å². The van der Waals surface area contributed by atoms with Gasteiger partial charge in [0.1, 0.15) is 5.60 Å². The summed E-state index contributed by atoms with van der Waals surface area (Å²) in [6.45, 7) is 0.857. The Kier molecular flexibility index (Phi) is 10.0. The lowest BCUT2D eigenvalue weighted by Gasteiger charge is -2.37. The van der Waals surface area contributed by atoms with Gasteiger partial charge in [0.25, 0.3) is 5.91 Å². The Morgan fingerprint density at radius 1 is 1.12 bits per heavy atom. The van der Waals surface area contributed by atoms with Gasteiger partial charge in [-0.2, -0.15) is 13.2 Å². The van der Waals surface area contributed by atoms with E-state index in [4.69, 9.17) is 9.47 Å². The number of benzene rings is 1. The molecule has 2 atom stereocenters. The molecular formula is C29H37F3N4O5. The van der Waals surface area contributed by atoms with Crippen molar-refractivity contribution in [1.29, 1.82) is 0 Å². The molecule has 12 heteroatoms. The molecule has 2 aliphatic rings. The van der Waals surface area contributed by atoms with Crippen molar-refractivity contribution in [3.63, 3.8) is 0 Å². The molecule has 224 valence electrons. The quantitative estimate of drug-likeness (QED) is 0.397. The normalized spacial score (nSPS) is 24.8. The molecule has 4 rings (SSSR count). The number of hydrogen-bond donors (Lipinski definition) is 3. The number of ether oxygens (including phenoxy) is 2. The third-order valence-electron chi connectivity index (χ3n) is 7.84. The summed E-state index contributed by atoms with van der Waals surface area (Å²) >= 11 is 0. The lowest BCUT2D eigenvalue weighted by molar-refractivity contribution is -0.137. The molecule has 41 heavy (non-hydrogen) atoms. The minimum Gasteiger partial charge on any atom is -0.384 e. The van der Waals surface area contributed by atoms with Crippen LogP contribution in [0.2, 0.25) is 0 Å². The number of carbonyl (C=O) groups excluding carboxylic acids is 2. The van der Waals surface area contributed by atoms with Crippen LogP contribution in [0.3, 0.4) is 0 Å². The zero-order chi connectivity index (χ0) is 29.6. The summed E-state index contributed by atoms with van der Waals surface area (Å²) in [6, 6.07) is 7.81. The van der Waals surface area contributed by atoms with Crippen molar-refractivity contribution >= 4 is 11.8 Å². The predicted octanol–water partition coefficient (Wildman–Crippen LogP) is 3.01. The van der Waals surface area contributed by atoms with Crippen LogP contribution >= 0.6 is 0 Å². The molecule has 1 aliphatic carbocycles. The van der Waals surface area contributed by atoms with Crippen molar-refractivity contribution in [3.8, 4) is 0 Å². The van der Waals surface area contributed by atoms with Gasteiger partial charge in [-0.3, -0.25) is 14.6 Å². The second kappa shape index (κ2) is 13.3. The largest absolute Gasteiger partial charge is 0.416 e. The Labute approximate surface area is 237 Å². The smallest absolute Gasteiger partial charge is 0.384 e. The van der Waals surface area contributed by atoms with Crippen LogP contribution in [-0.4, -0.2) is 78.8 Å². The number of alkyl halides is 3. The van der Waals surface area contributed by atoms with Crippen molar-refractivity contribution in [2.24, 2.45) is 0 Å². The average Bonchev–Trinajstić information content (AvgIpc) is 3.35. The third kappa shape index (κ3) is 7.82. The molecule has 2 aromatic rings. The molecule has 2 unspecified atom stereocenters. The minimum atomic E-state index is -4.57. The Morgan fingerprint density at radius 2 is 1.88 bits per heavy atom. The summed E-state index contributed by atoms with van der Waals surface area (Å²) in [6.07, 6.45) is 0.405. The van der Waals surface area contributed by atoms with Gasteiger partial charge < -0.3 is 30.1 Å². The molecule has 2 amide bonds. The summed E-state index contributed by atoms with van der Waals surface area (Å²) in [5.41, 5.74) is -0.488. The van der Waals surface area contributed by atoms with Crippen LogP contribution in [0.4, 0.5) is 13.2 Å². The molecule has 2 fully saturated rings. The number of aliphatic hydroxyl groups is 1. The van der Waals surface area contributed by atoms with Crippen LogP contribution in [0.5, 0.6) is 0 Å². The molecule has 0 radical (unpaired) electrons. The monoisotopic (exact) mass is 578 g/mol. The fourth-order valence-corrected chi connectivity index (χ4v) is 5.69. The maximum Gasteiger partial charge on any atom is 0.416 e. The number of methoxy groups -OCH3 is 2. The van der Waals surface area contributed by atoms with Gasteiger partial charge in [0.2, 0.25) is 5.91 Å². The number of likely N-dealkylation sites (tertiary alicyclic amines) is 1. The van der Waals surface area contributed by atoms with Crippen LogP contribution < -0.4 is 10.6 Å². The van der Waals surface area contributed by atoms with Crippen molar-refractivity contribution < 1.29 is 37.3 Å². The fraction of sp³-hybridized carbons (Fsp3) is 0.552. The highest BCUT2D eigenvalue weighted by Crippen LogP contribution is 2.37. The Hall–Kier alpha value is -3.06. The number of aromatic nitrogens is 1. The Bertz CT molecular complexity index is 1190. The van der Waals surface area contributed by atoms with Gasteiger partial charge in [0, 0.05) is 44.6 Å². The maximum atomic E-state index is 13.0. The van der Waals surface area contributed by atoms with E-state index in [1.165, 1.54) is 6.07 Å². The van der Waals surface area contributed by atoms with Crippen molar-refractivity contribution in [2.45, 2.75) is 68.6 Å². The average molecular weight is 579 g/mol. The number of rotatable bonds is 10. The minimum absolute atomic E-state index is 0.000846. The van der Waals surface area contributed by atoms with E-state index in [0.717, 1.165) is 36.6 Å². The van der Waals surface area contributed by atoms with Gasteiger partial charge in [-0.05, 0) is 61.9 Å². The Morgan fingerprint density at radius 3 is 2.51 bits per heavy atom. The third-order valence-corrected chi connectivity index (χ3v) is 7.84. The molecule has 1 saturated carbocycles. The lowest BCUT2D eigenvalue weighted by Crippen LogP contribution is -2.47. The summed E-state index contributed by atoms with van der Waals surface area (Å²) in [5.74, 6) is -1.09. The van der Waals surface area contributed by atoms with Gasteiger partial charge in [-0.15, -0.1) is 0 Å².